The number of benzene rings is 1. The van der Waals surface area contributed by atoms with Crippen LogP contribution in [0.4, 0.5) is 5.69 Å². The molecule has 0 unspecified atom stereocenters. The van der Waals surface area contributed by atoms with Gasteiger partial charge >= 0.3 is 0 Å². The van der Waals surface area contributed by atoms with Crippen LogP contribution in [0, 0.1) is 6.92 Å². The highest BCUT2D eigenvalue weighted by atomic mass is 29.2. The smallest absolute Gasteiger partial charge is 0.0923 e. The first-order chi connectivity index (χ1) is 5.79. The fourth-order valence-corrected chi connectivity index (χ4v) is 22.8. The normalized spacial score (nSPS) is 12.4. The van der Waals surface area contributed by atoms with E-state index in [0.29, 0.717) is 0 Å². The van der Waals surface area contributed by atoms with Crippen LogP contribution in [0.15, 0.2) is 24.3 Å². The molecule has 1 nitrogen and oxygen atoms in total. The third-order valence-corrected chi connectivity index (χ3v) is 17.1. The van der Waals surface area contributed by atoms with E-state index in [1.807, 2.05) is 0 Å². The zero-order valence-corrected chi connectivity index (χ0v) is 15.0. The van der Waals surface area contributed by atoms with Gasteiger partial charge in [0.1, 0.15) is 0 Å². The second-order valence-electron chi connectivity index (χ2n) is 2.96. The Labute approximate surface area is 84.8 Å². The number of hydrogen-bond donors (Lipinski definition) is 0. The van der Waals surface area contributed by atoms with Gasteiger partial charge in [-0.1, -0.05) is 18.2 Å². The monoisotopic (exact) mass is 227 g/mol. The van der Waals surface area contributed by atoms with E-state index in [1.165, 1.54) is 25.1 Å². The third-order valence-electron chi connectivity index (χ3n) is 2.22. The van der Waals surface area contributed by atoms with Crippen LogP contribution in [0.2, 0.25) is 0 Å². The number of rotatable bonds is 3. The lowest BCUT2D eigenvalue weighted by Crippen LogP contribution is -2.32. The summed E-state index contributed by atoms with van der Waals surface area (Å²) in [7, 11) is 3.23. The second kappa shape index (κ2) is 4.80. The molecule has 0 heterocycles. The van der Waals surface area contributed by atoms with Crippen molar-refractivity contribution in [2.45, 2.75) is 6.92 Å². The molecule has 5 heteroatoms. The Bertz CT molecular complexity index is 249. The molecule has 0 fully saturated rings. The maximum Gasteiger partial charge on any atom is 0.0923 e. The molecule has 0 aliphatic heterocycles. The van der Waals surface area contributed by atoms with Gasteiger partial charge < -0.3 is 4.23 Å². The maximum absolute atomic E-state index is 2.77. The van der Waals surface area contributed by atoms with Crippen molar-refractivity contribution in [3.63, 3.8) is 0 Å². The summed E-state index contributed by atoms with van der Waals surface area (Å²) in [6.07, 6.45) is 0. The Morgan fingerprint density at radius 1 is 1.17 bits per heavy atom. The van der Waals surface area contributed by atoms with Crippen molar-refractivity contribution in [3.05, 3.63) is 29.8 Å². The molecule has 1 rings (SSSR count). The van der Waals surface area contributed by atoms with Crippen LogP contribution in [-0.4, -0.2) is 37.9 Å². The molecule has 12 heavy (non-hydrogen) atoms. The summed E-state index contributed by atoms with van der Waals surface area (Å²) >= 11 is 0. The van der Waals surface area contributed by atoms with Gasteiger partial charge in [-0.3, -0.25) is 0 Å². The van der Waals surface area contributed by atoms with Crippen LogP contribution in [0.25, 0.3) is 0 Å². The minimum absolute atomic E-state index is 0.177. The maximum atomic E-state index is 2.77. The van der Waals surface area contributed by atoms with E-state index in [-0.39, 0.29) is 18.4 Å². The molecule has 1 aromatic rings. The first-order valence-electron chi connectivity index (χ1n) is 4.60. The predicted molar refractivity (Wildman–Crippen MR) is 70.6 cm³/mol. The molecule has 0 atom stereocenters. The van der Waals surface area contributed by atoms with E-state index in [1.54, 1.807) is 5.69 Å². The Hall–Kier alpha value is -0.112. The first-order valence-corrected chi connectivity index (χ1v) is 17.2. The second-order valence-corrected chi connectivity index (χ2v) is 10.4. The van der Waals surface area contributed by atoms with Gasteiger partial charge in [0.05, 0.1) is 18.4 Å². The number of anilines is 1. The fourth-order valence-electron chi connectivity index (χ4n) is 1.48. The topological polar surface area (TPSA) is 3.24 Å². The molecule has 0 bridgehead atoms. The quantitative estimate of drug-likeness (QED) is 0.518. The van der Waals surface area contributed by atoms with Gasteiger partial charge in [0.2, 0.25) is 0 Å². The van der Waals surface area contributed by atoms with E-state index in [2.05, 4.69) is 35.4 Å². The van der Waals surface area contributed by atoms with Crippen LogP contribution in [0.1, 0.15) is 5.56 Å². The van der Waals surface area contributed by atoms with E-state index in [4.69, 9.17) is 0 Å². The van der Waals surface area contributed by atoms with E-state index in [0.717, 1.165) is 0 Å². The summed E-state index contributed by atoms with van der Waals surface area (Å²) in [6, 6.07) is 8.84. The minimum Gasteiger partial charge on any atom is -0.439 e. The van der Waals surface area contributed by atoms with Crippen molar-refractivity contribution in [3.8, 4) is 0 Å². The highest BCUT2D eigenvalue weighted by Crippen LogP contribution is 2.16. The highest BCUT2D eigenvalue weighted by molar-refractivity contribution is 7.05. The number of hydrogen-bond acceptors (Lipinski definition) is 1. The van der Waals surface area contributed by atoms with Crippen LogP contribution in [0.3, 0.4) is 0 Å². The predicted octanol–water partition coefficient (Wildman–Crippen LogP) is -2.47. The summed E-state index contributed by atoms with van der Waals surface area (Å²) < 4.78 is 2.77. The van der Waals surface area contributed by atoms with Crippen molar-refractivity contribution in [2.24, 2.45) is 0 Å². The third kappa shape index (κ3) is 2.19. The molecule has 0 radical (unpaired) electrons. The molecule has 0 saturated carbocycles. The molecule has 0 aromatic heterocycles. The highest BCUT2D eigenvalue weighted by Gasteiger charge is 2.02. The Kier molecular flexibility index (Phi) is 3.99. The van der Waals surface area contributed by atoms with Gasteiger partial charge in [0.25, 0.3) is 0 Å². The summed E-state index contributed by atoms with van der Waals surface area (Å²) in [6.45, 7) is 2.24. The zero-order valence-electron chi connectivity index (χ0n) is 8.17. The fraction of sp³-hybridized carbons (Fsp3) is 0.143. The van der Waals surface area contributed by atoms with Gasteiger partial charge in [-0.2, -0.15) is 0 Å². The van der Waals surface area contributed by atoms with Gasteiger partial charge in [0.15, 0.2) is 0 Å². The molecule has 0 N–H and O–H groups in total. The minimum atomic E-state index is 0.177. The molecule has 0 amide bonds. The zero-order chi connectivity index (χ0) is 8.97. The summed E-state index contributed by atoms with van der Waals surface area (Å²) in [5, 5.41) is 0. The van der Waals surface area contributed by atoms with Crippen LogP contribution >= 0.6 is 0 Å². The summed E-state index contributed by atoms with van der Waals surface area (Å²) in [5.41, 5.74) is 3.03. The van der Waals surface area contributed by atoms with Crippen LogP contribution in [0.5, 0.6) is 0 Å². The number of para-hydroxylation sites is 1. The lowest BCUT2D eigenvalue weighted by molar-refractivity contribution is 1.42. The standard InChI is InChI=1S/C7H17NSi4/c1-6-4-2-3-5-7(6)8(11-9)12-10/h2-5H,11-12H2,1,9-10H3. The Morgan fingerprint density at radius 3 is 2.25 bits per heavy atom. The molecule has 1 aromatic carbocycles. The lowest BCUT2D eigenvalue weighted by Gasteiger charge is -2.23. The molecule has 0 aliphatic carbocycles. The van der Waals surface area contributed by atoms with Crippen molar-refractivity contribution >= 4 is 43.6 Å². The van der Waals surface area contributed by atoms with Crippen molar-refractivity contribution in [1.82, 2.24) is 0 Å². The average Bonchev–Trinajstić information content (AvgIpc) is 2.10. The molecular weight excluding hydrogens is 210 g/mol. The van der Waals surface area contributed by atoms with Crippen molar-refractivity contribution < 1.29 is 0 Å². The summed E-state index contributed by atoms with van der Waals surface area (Å²) in [5.74, 6) is 0. The molecule has 0 saturated heterocycles. The molecule has 0 spiro atoms. The van der Waals surface area contributed by atoms with E-state index >= 15 is 0 Å². The molecule has 0 aliphatic rings. The molecular formula is C7H17NSi4. The Morgan fingerprint density at radius 2 is 1.75 bits per heavy atom. The van der Waals surface area contributed by atoms with Crippen molar-refractivity contribution in [1.29, 1.82) is 0 Å². The Balaban J connectivity index is 2.92. The average molecular weight is 228 g/mol. The van der Waals surface area contributed by atoms with Gasteiger partial charge in [-0.15, -0.1) is 0 Å². The number of nitrogens with zero attached hydrogens (tertiary/aromatic N) is 1. The first kappa shape index (κ1) is 9.97. The van der Waals surface area contributed by atoms with Gasteiger partial charge in [-0.25, -0.2) is 0 Å². The number of aryl methyl sites for hydroxylation is 1. The lowest BCUT2D eigenvalue weighted by atomic mass is 10.2. The van der Waals surface area contributed by atoms with Crippen LogP contribution < -0.4 is 4.23 Å². The van der Waals surface area contributed by atoms with Gasteiger partial charge in [0, 0.05) is 25.2 Å². The largest absolute Gasteiger partial charge is 0.439 e. The SMILES string of the molecule is Cc1ccccc1N([SiH2][SiH3])[SiH2][SiH3]. The van der Waals surface area contributed by atoms with Gasteiger partial charge in [-0.05, 0) is 18.6 Å². The van der Waals surface area contributed by atoms with Crippen LogP contribution in [-0.2, 0) is 0 Å². The van der Waals surface area contributed by atoms with E-state index in [9.17, 15) is 0 Å². The van der Waals surface area contributed by atoms with Crippen molar-refractivity contribution in [2.75, 3.05) is 4.23 Å². The van der Waals surface area contributed by atoms with E-state index < -0.39 is 0 Å². The molecule has 66 valence electrons. The summed E-state index contributed by atoms with van der Waals surface area (Å²) in [4.78, 5) is 0.